The number of amides is 2. The van der Waals surface area contributed by atoms with Gasteiger partial charge in [0.05, 0.1) is 21.8 Å². The number of nitro groups is 1. The molecule has 0 spiro atoms. The highest BCUT2D eigenvalue weighted by atomic mass is 16.6. The van der Waals surface area contributed by atoms with E-state index in [4.69, 9.17) is 0 Å². The minimum Gasteiger partial charge on any atom is -0.268 e. The summed E-state index contributed by atoms with van der Waals surface area (Å²) in [6.45, 7) is 0. The second kappa shape index (κ2) is 7.08. The summed E-state index contributed by atoms with van der Waals surface area (Å²) >= 11 is 0. The van der Waals surface area contributed by atoms with Crippen LogP contribution in [-0.4, -0.2) is 16.7 Å². The molecule has 0 saturated heterocycles. The molecule has 1 aliphatic carbocycles. The molecule has 0 radical (unpaired) electrons. The van der Waals surface area contributed by atoms with E-state index in [1.54, 1.807) is 12.1 Å². The molecule has 0 bridgehead atoms. The van der Waals surface area contributed by atoms with Gasteiger partial charge >= 0.3 is 0 Å². The summed E-state index contributed by atoms with van der Waals surface area (Å²) in [7, 11) is 0. The van der Waals surface area contributed by atoms with E-state index >= 15 is 0 Å². The summed E-state index contributed by atoms with van der Waals surface area (Å²) in [5.74, 6) is -0.824. The molecule has 0 saturated carbocycles. The van der Waals surface area contributed by atoms with Crippen LogP contribution in [0.3, 0.4) is 0 Å². The molecule has 2 aromatic rings. The summed E-state index contributed by atoms with van der Waals surface area (Å²) < 4.78 is 0. The fraction of sp³-hybridized carbons (Fsp3) is 0.0909. The lowest BCUT2D eigenvalue weighted by Gasteiger charge is -2.16. The van der Waals surface area contributed by atoms with Gasteiger partial charge in [0.2, 0.25) is 0 Å². The molecule has 1 aliphatic heterocycles. The fourth-order valence-electron chi connectivity index (χ4n) is 3.46. The molecule has 2 aromatic carbocycles. The lowest BCUT2D eigenvalue weighted by molar-refractivity contribution is -0.384. The van der Waals surface area contributed by atoms with Crippen molar-refractivity contribution in [3.8, 4) is 0 Å². The molecular formula is C22H16N2O4. The van der Waals surface area contributed by atoms with Crippen LogP contribution in [0.2, 0.25) is 0 Å². The Morgan fingerprint density at radius 3 is 2.14 bits per heavy atom. The van der Waals surface area contributed by atoms with Crippen LogP contribution in [0, 0.1) is 10.1 Å². The van der Waals surface area contributed by atoms with Crippen LogP contribution in [0.15, 0.2) is 84.0 Å². The lowest BCUT2D eigenvalue weighted by atomic mass is 9.92. The third-order valence-corrected chi connectivity index (χ3v) is 4.79. The molecule has 0 fully saturated rings. The molecule has 4 rings (SSSR count). The Morgan fingerprint density at radius 2 is 1.54 bits per heavy atom. The highest BCUT2D eigenvalue weighted by molar-refractivity contribution is 6.46. The van der Waals surface area contributed by atoms with Crippen molar-refractivity contribution >= 4 is 28.8 Å². The molecule has 0 aromatic heterocycles. The van der Waals surface area contributed by atoms with Crippen LogP contribution < -0.4 is 4.90 Å². The number of nitro benzene ring substituents is 1. The summed E-state index contributed by atoms with van der Waals surface area (Å²) in [6.07, 6.45) is 7.25. The average Bonchev–Trinajstić information content (AvgIpc) is 2.99. The van der Waals surface area contributed by atoms with E-state index in [1.165, 1.54) is 24.3 Å². The predicted octanol–water partition coefficient (Wildman–Crippen LogP) is 4.20. The third kappa shape index (κ3) is 2.95. The molecule has 0 atom stereocenters. The Kier molecular flexibility index (Phi) is 4.45. The number of carbonyl (C=O) groups is 2. The average molecular weight is 372 g/mol. The van der Waals surface area contributed by atoms with E-state index in [-0.39, 0.29) is 5.69 Å². The number of benzene rings is 2. The van der Waals surface area contributed by atoms with Crippen LogP contribution in [0.1, 0.15) is 18.4 Å². The summed E-state index contributed by atoms with van der Waals surface area (Å²) in [6, 6.07) is 14.5. The first-order chi connectivity index (χ1) is 13.6. The van der Waals surface area contributed by atoms with E-state index in [2.05, 4.69) is 0 Å². The number of anilines is 1. The topological polar surface area (TPSA) is 80.5 Å². The molecule has 1 heterocycles. The van der Waals surface area contributed by atoms with Crippen LogP contribution in [0.5, 0.6) is 0 Å². The molecule has 6 heteroatoms. The normalized spacial score (nSPS) is 16.6. The number of hydrogen-bond donors (Lipinski definition) is 0. The highest BCUT2D eigenvalue weighted by Gasteiger charge is 2.41. The lowest BCUT2D eigenvalue weighted by Crippen LogP contribution is -2.31. The Hall–Kier alpha value is -3.80. The molecule has 28 heavy (non-hydrogen) atoms. The Labute approximate surface area is 161 Å². The number of imide groups is 1. The Morgan fingerprint density at radius 1 is 0.857 bits per heavy atom. The standard InChI is InChI=1S/C22H16N2O4/c25-21-19(15-7-3-1-4-8-15)20(16-9-5-2-6-10-16)22(26)23(21)17-11-13-18(14-12-17)24(27)28/h1-5,7-8,10-14H,6,9H2. The first kappa shape index (κ1) is 17.6. The van der Waals surface area contributed by atoms with Gasteiger partial charge in [-0.15, -0.1) is 0 Å². The van der Waals surface area contributed by atoms with Crippen molar-refractivity contribution in [2.24, 2.45) is 0 Å². The number of non-ortho nitro benzene ring substituents is 1. The van der Waals surface area contributed by atoms with E-state index in [1.807, 2.05) is 36.4 Å². The second-order valence-corrected chi connectivity index (χ2v) is 6.48. The number of carbonyl (C=O) groups excluding carboxylic acids is 2. The van der Waals surface area contributed by atoms with Crippen LogP contribution in [0.25, 0.3) is 5.57 Å². The summed E-state index contributed by atoms with van der Waals surface area (Å²) in [5, 5.41) is 10.9. The smallest absolute Gasteiger partial charge is 0.268 e. The zero-order valence-corrected chi connectivity index (χ0v) is 14.9. The number of rotatable bonds is 4. The largest absolute Gasteiger partial charge is 0.269 e. The molecule has 0 unspecified atom stereocenters. The van der Waals surface area contributed by atoms with Crippen LogP contribution in [0.4, 0.5) is 11.4 Å². The number of nitrogens with zero attached hydrogens (tertiary/aromatic N) is 2. The molecule has 6 nitrogen and oxygen atoms in total. The SMILES string of the molecule is O=C1C(C2=CCC=CC2)=C(c2ccccc2)C(=O)N1c1ccc([N+](=O)[O-])cc1. The van der Waals surface area contributed by atoms with Gasteiger partial charge in [0, 0.05) is 12.1 Å². The zero-order valence-electron chi connectivity index (χ0n) is 14.9. The third-order valence-electron chi connectivity index (χ3n) is 4.79. The maximum atomic E-state index is 13.3. The molecule has 138 valence electrons. The van der Waals surface area contributed by atoms with Gasteiger partial charge in [-0.3, -0.25) is 19.7 Å². The Bertz CT molecular complexity index is 1060. The van der Waals surface area contributed by atoms with Gasteiger partial charge in [0.1, 0.15) is 0 Å². The first-order valence-corrected chi connectivity index (χ1v) is 8.85. The molecule has 2 aliphatic rings. The van der Waals surface area contributed by atoms with Gasteiger partial charge < -0.3 is 0 Å². The van der Waals surface area contributed by atoms with Crippen LogP contribution in [-0.2, 0) is 9.59 Å². The molecular weight excluding hydrogens is 356 g/mol. The van der Waals surface area contributed by atoms with Gasteiger partial charge in [-0.25, -0.2) is 4.90 Å². The van der Waals surface area contributed by atoms with Gasteiger partial charge in [-0.1, -0.05) is 48.6 Å². The predicted molar refractivity (Wildman–Crippen MR) is 105 cm³/mol. The van der Waals surface area contributed by atoms with Crippen molar-refractivity contribution in [2.45, 2.75) is 12.8 Å². The van der Waals surface area contributed by atoms with E-state index < -0.39 is 16.7 Å². The van der Waals surface area contributed by atoms with E-state index in [0.717, 1.165) is 10.5 Å². The maximum Gasteiger partial charge on any atom is 0.269 e. The fourth-order valence-corrected chi connectivity index (χ4v) is 3.46. The number of allylic oxidation sites excluding steroid dienone is 3. The summed E-state index contributed by atoms with van der Waals surface area (Å²) in [4.78, 5) is 38.0. The Balaban J connectivity index is 1.81. The van der Waals surface area contributed by atoms with Crippen molar-refractivity contribution in [3.63, 3.8) is 0 Å². The van der Waals surface area contributed by atoms with Gasteiger partial charge in [-0.05, 0) is 36.1 Å². The number of hydrogen-bond acceptors (Lipinski definition) is 4. The monoisotopic (exact) mass is 372 g/mol. The first-order valence-electron chi connectivity index (χ1n) is 8.85. The van der Waals surface area contributed by atoms with Gasteiger partial charge in [0.15, 0.2) is 0 Å². The van der Waals surface area contributed by atoms with Crippen molar-refractivity contribution in [3.05, 3.63) is 99.6 Å². The van der Waals surface area contributed by atoms with Crippen molar-refractivity contribution in [2.75, 3.05) is 4.90 Å². The molecule has 2 amide bonds. The quantitative estimate of drug-likeness (QED) is 0.349. The van der Waals surface area contributed by atoms with Crippen molar-refractivity contribution in [1.29, 1.82) is 0 Å². The zero-order chi connectivity index (χ0) is 19.7. The maximum absolute atomic E-state index is 13.3. The highest BCUT2D eigenvalue weighted by Crippen LogP contribution is 2.38. The second-order valence-electron chi connectivity index (χ2n) is 6.48. The van der Waals surface area contributed by atoms with Crippen molar-refractivity contribution < 1.29 is 14.5 Å². The summed E-state index contributed by atoms with van der Waals surface area (Å²) in [5.41, 5.74) is 2.49. The minimum absolute atomic E-state index is 0.0977. The molecule has 0 N–H and O–H groups in total. The minimum atomic E-state index is -0.518. The van der Waals surface area contributed by atoms with Gasteiger partial charge in [-0.2, -0.15) is 0 Å². The van der Waals surface area contributed by atoms with Crippen LogP contribution >= 0.6 is 0 Å². The van der Waals surface area contributed by atoms with E-state index in [0.29, 0.717) is 35.2 Å². The van der Waals surface area contributed by atoms with E-state index in [9.17, 15) is 19.7 Å². The van der Waals surface area contributed by atoms with Gasteiger partial charge in [0.25, 0.3) is 17.5 Å². The van der Waals surface area contributed by atoms with Crippen molar-refractivity contribution in [1.82, 2.24) is 0 Å².